The van der Waals surface area contributed by atoms with E-state index in [1.54, 1.807) is 0 Å². The minimum Gasteiger partial charge on any atom is -0.342 e. The van der Waals surface area contributed by atoms with Crippen LogP contribution in [0.3, 0.4) is 0 Å². The second-order valence-corrected chi connectivity index (χ2v) is 4.90. The van der Waals surface area contributed by atoms with Gasteiger partial charge in [0.2, 0.25) is 5.91 Å². The van der Waals surface area contributed by atoms with E-state index in [-0.39, 0.29) is 11.4 Å². The summed E-state index contributed by atoms with van der Waals surface area (Å²) in [5.74, 6) is 0.216. The molecule has 4 heteroatoms. The van der Waals surface area contributed by atoms with Gasteiger partial charge in [-0.3, -0.25) is 9.69 Å². The van der Waals surface area contributed by atoms with E-state index >= 15 is 0 Å². The predicted octanol–water partition coefficient (Wildman–Crippen LogP) is 1.66. The van der Waals surface area contributed by atoms with E-state index in [1.165, 1.54) is 0 Å². The lowest BCUT2D eigenvalue weighted by molar-refractivity contribution is -0.127. The second kappa shape index (κ2) is 8.12. The molecule has 0 radical (unpaired) electrons. The number of carbonyl (C=O) groups excluding carboxylic acids is 1. The lowest BCUT2D eigenvalue weighted by Gasteiger charge is -2.38. The highest BCUT2D eigenvalue weighted by Crippen LogP contribution is 2.29. The van der Waals surface area contributed by atoms with Crippen LogP contribution in [0, 0.1) is 0 Å². The predicted molar refractivity (Wildman–Crippen MR) is 79.9 cm³/mol. The highest BCUT2D eigenvalue weighted by Gasteiger charge is 2.48. The lowest BCUT2D eigenvalue weighted by Crippen LogP contribution is -2.55. The molecule has 2 heterocycles. The summed E-state index contributed by atoms with van der Waals surface area (Å²) < 4.78 is 0. The number of rotatable bonds is 2. The summed E-state index contributed by atoms with van der Waals surface area (Å²) in [5, 5.41) is 6.27. The molecule has 1 spiro atoms. The molecule has 2 N–H and O–H groups in total. The third kappa shape index (κ3) is 3.91. The Hall–Kier alpha value is -1.13. The first-order chi connectivity index (χ1) is 9.21. The molecule has 1 amide bonds. The van der Waals surface area contributed by atoms with Crippen LogP contribution in [-0.2, 0) is 4.79 Å². The average Bonchev–Trinajstić information content (AvgIpc) is 2.75. The van der Waals surface area contributed by atoms with Gasteiger partial charge in [-0.1, -0.05) is 24.3 Å². The van der Waals surface area contributed by atoms with Crippen molar-refractivity contribution in [3.05, 3.63) is 24.3 Å². The zero-order valence-electron chi connectivity index (χ0n) is 12.4. The molecule has 19 heavy (non-hydrogen) atoms. The summed E-state index contributed by atoms with van der Waals surface area (Å²) in [6.45, 7) is 9.47. The van der Waals surface area contributed by atoms with Crippen molar-refractivity contribution in [2.24, 2.45) is 0 Å². The zero-order valence-corrected chi connectivity index (χ0v) is 12.4. The Kier molecular flexibility index (Phi) is 6.81. The minimum absolute atomic E-state index is 0.216. The SMILES string of the molecule is C/C=C\C.C/C=C\CN1CNC(=O)C12CCNCC2. The van der Waals surface area contributed by atoms with Gasteiger partial charge in [0.1, 0.15) is 5.54 Å². The molecule has 2 fully saturated rings. The van der Waals surface area contributed by atoms with E-state index < -0.39 is 0 Å². The average molecular weight is 265 g/mol. The van der Waals surface area contributed by atoms with Gasteiger partial charge in [0, 0.05) is 6.54 Å². The summed E-state index contributed by atoms with van der Waals surface area (Å²) in [4.78, 5) is 14.2. The van der Waals surface area contributed by atoms with Crippen molar-refractivity contribution in [3.8, 4) is 0 Å². The maximum Gasteiger partial charge on any atom is 0.241 e. The minimum atomic E-state index is -0.231. The van der Waals surface area contributed by atoms with Crippen LogP contribution in [0.25, 0.3) is 0 Å². The van der Waals surface area contributed by atoms with Crippen molar-refractivity contribution in [1.82, 2.24) is 15.5 Å². The topological polar surface area (TPSA) is 44.4 Å². The molecular formula is C15H27N3O. The molecule has 2 rings (SSSR count). The Morgan fingerprint density at radius 2 is 1.79 bits per heavy atom. The zero-order chi connectivity index (χ0) is 14.1. The molecule has 0 aromatic carbocycles. The van der Waals surface area contributed by atoms with Crippen LogP contribution >= 0.6 is 0 Å². The van der Waals surface area contributed by atoms with Crippen LogP contribution in [0.2, 0.25) is 0 Å². The van der Waals surface area contributed by atoms with Gasteiger partial charge in [0.15, 0.2) is 0 Å². The number of amides is 1. The summed E-state index contributed by atoms with van der Waals surface area (Å²) in [5.41, 5.74) is -0.231. The van der Waals surface area contributed by atoms with Crippen molar-refractivity contribution in [2.45, 2.75) is 39.2 Å². The largest absolute Gasteiger partial charge is 0.342 e. The van der Waals surface area contributed by atoms with Crippen molar-refractivity contribution < 1.29 is 4.79 Å². The van der Waals surface area contributed by atoms with Gasteiger partial charge in [-0.05, 0) is 46.7 Å². The molecule has 0 atom stereocenters. The number of nitrogens with zero attached hydrogens (tertiary/aromatic N) is 1. The molecule has 0 aromatic rings. The monoisotopic (exact) mass is 265 g/mol. The van der Waals surface area contributed by atoms with Crippen molar-refractivity contribution in [3.63, 3.8) is 0 Å². The number of allylic oxidation sites excluding steroid dienone is 3. The molecule has 0 bridgehead atoms. The maximum atomic E-state index is 11.9. The molecule has 0 aliphatic carbocycles. The summed E-state index contributed by atoms with van der Waals surface area (Å²) in [6.07, 6.45) is 10.0. The van der Waals surface area contributed by atoms with Crippen LogP contribution in [-0.4, -0.2) is 42.6 Å². The number of piperidine rings is 1. The van der Waals surface area contributed by atoms with E-state index in [0.29, 0.717) is 6.67 Å². The molecule has 2 saturated heterocycles. The molecular weight excluding hydrogens is 238 g/mol. The van der Waals surface area contributed by atoms with Crippen molar-refractivity contribution in [1.29, 1.82) is 0 Å². The highest BCUT2D eigenvalue weighted by molar-refractivity contribution is 5.88. The fourth-order valence-electron chi connectivity index (χ4n) is 2.48. The molecule has 2 aliphatic rings. The Morgan fingerprint density at radius 3 is 2.32 bits per heavy atom. The first-order valence-electron chi connectivity index (χ1n) is 7.13. The Morgan fingerprint density at radius 1 is 1.16 bits per heavy atom. The normalized spacial score (nSPS) is 22.8. The van der Waals surface area contributed by atoms with E-state index in [0.717, 1.165) is 32.5 Å². The third-order valence-electron chi connectivity index (χ3n) is 3.78. The van der Waals surface area contributed by atoms with Gasteiger partial charge < -0.3 is 10.6 Å². The van der Waals surface area contributed by atoms with Crippen molar-refractivity contribution >= 4 is 5.91 Å². The van der Waals surface area contributed by atoms with Gasteiger partial charge in [-0.25, -0.2) is 0 Å². The van der Waals surface area contributed by atoms with Gasteiger partial charge in [0.05, 0.1) is 6.67 Å². The number of hydrogen-bond donors (Lipinski definition) is 2. The van der Waals surface area contributed by atoms with Crippen LogP contribution in [0.4, 0.5) is 0 Å². The maximum absolute atomic E-state index is 11.9. The van der Waals surface area contributed by atoms with Crippen molar-refractivity contribution in [2.75, 3.05) is 26.3 Å². The fourth-order valence-corrected chi connectivity index (χ4v) is 2.48. The van der Waals surface area contributed by atoms with E-state index in [9.17, 15) is 4.79 Å². The van der Waals surface area contributed by atoms with E-state index in [2.05, 4.69) is 21.6 Å². The first-order valence-corrected chi connectivity index (χ1v) is 7.13. The number of carbonyl (C=O) groups is 1. The van der Waals surface area contributed by atoms with Crippen LogP contribution < -0.4 is 10.6 Å². The lowest BCUT2D eigenvalue weighted by atomic mass is 9.87. The van der Waals surface area contributed by atoms with Crippen LogP contribution in [0.15, 0.2) is 24.3 Å². The fraction of sp³-hybridized carbons (Fsp3) is 0.667. The summed E-state index contributed by atoms with van der Waals surface area (Å²) in [7, 11) is 0. The van der Waals surface area contributed by atoms with Gasteiger partial charge in [0.25, 0.3) is 0 Å². The van der Waals surface area contributed by atoms with E-state index in [1.807, 2.05) is 39.0 Å². The summed E-state index contributed by atoms with van der Waals surface area (Å²) >= 11 is 0. The van der Waals surface area contributed by atoms with Crippen LogP contribution in [0.1, 0.15) is 33.6 Å². The Bertz CT molecular complexity index is 326. The standard InChI is InChI=1S/C11H19N3O.C4H8/c1-2-3-8-14-9-13-10(15)11(14)4-6-12-7-5-11;1-3-4-2/h2-3,12H,4-9H2,1H3,(H,13,15);3-4H,1-2H3/b3-2-;4-3-. The highest BCUT2D eigenvalue weighted by atomic mass is 16.2. The van der Waals surface area contributed by atoms with Gasteiger partial charge in [-0.15, -0.1) is 0 Å². The number of hydrogen-bond acceptors (Lipinski definition) is 3. The third-order valence-corrected chi connectivity index (χ3v) is 3.78. The molecule has 4 nitrogen and oxygen atoms in total. The summed E-state index contributed by atoms with van der Waals surface area (Å²) in [6, 6.07) is 0. The number of nitrogens with one attached hydrogen (secondary N) is 2. The molecule has 108 valence electrons. The molecule has 2 aliphatic heterocycles. The van der Waals surface area contributed by atoms with E-state index in [4.69, 9.17) is 0 Å². The smallest absolute Gasteiger partial charge is 0.241 e. The Labute approximate surface area is 116 Å². The molecule has 0 aromatic heterocycles. The quantitative estimate of drug-likeness (QED) is 0.746. The first kappa shape index (κ1) is 15.9. The van der Waals surface area contributed by atoms with Crippen LogP contribution in [0.5, 0.6) is 0 Å². The second-order valence-electron chi connectivity index (χ2n) is 4.90. The van der Waals surface area contributed by atoms with Gasteiger partial charge in [-0.2, -0.15) is 0 Å². The van der Waals surface area contributed by atoms with Gasteiger partial charge >= 0.3 is 0 Å². The molecule has 0 saturated carbocycles. The molecule has 0 unspecified atom stereocenters. The Balaban J connectivity index is 0.000000399.